The van der Waals surface area contributed by atoms with Crippen LogP contribution in [0.5, 0.6) is 5.75 Å². The monoisotopic (exact) mass is 247 g/mol. The highest BCUT2D eigenvalue weighted by molar-refractivity contribution is 5.43. The van der Waals surface area contributed by atoms with Gasteiger partial charge in [-0.3, -0.25) is 0 Å². The number of benzene rings is 1. The number of hydrogen-bond acceptors (Lipinski definition) is 1. The molecule has 1 radical (unpaired) electrons. The lowest BCUT2D eigenvalue weighted by Gasteiger charge is -2.27. The van der Waals surface area contributed by atoms with Crippen LogP contribution >= 0.6 is 0 Å². The first-order valence-electron chi connectivity index (χ1n) is 6.73. The molecule has 1 aromatic carbocycles. The summed E-state index contributed by atoms with van der Waals surface area (Å²) in [6.45, 7) is 17.9. The van der Waals surface area contributed by atoms with Gasteiger partial charge in [0.2, 0.25) is 0 Å². The summed E-state index contributed by atoms with van der Waals surface area (Å²) in [5.41, 5.74) is 2.90. The molecule has 1 rings (SSSR count). The third kappa shape index (κ3) is 3.76. The molecule has 0 atom stereocenters. The quantitative estimate of drug-likeness (QED) is 0.739. The molecule has 0 spiro atoms. The minimum atomic E-state index is 0.0950. The zero-order chi connectivity index (χ0) is 14.0. The Balaban J connectivity index is 3.21. The van der Waals surface area contributed by atoms with E-state index >= 15 is 0 Å². The van der Waals surface area contributed by atoms with Crippen LogP contribution in [0, 0.1) is 6.92 Å². The van der Waals surface area contributed by atoms with Crippen molar-refractivity contribution in [3.05, 3.63) is 36.2 Å². The van der Waals surface area contributed by atoms with Gasteiger partial charge in [-0.05, 0) is 41.4 Å². The molecular weight excluding hydrogens is 220 g/mol. The summed E-state index contributed by atoms with van der Waals surface area (Å²) in [7, 11) is 0. The van der Waals surface area contributed by atoms with Crippen LogP contribution in [-0.2, 0) is 10.8 Å². The standard InChI is InChI=1S/C17H27O/c1-8-11-18-15-10-9-13(16(2,3)4)12-14(15)17(5,6)7/h9-10,12H,1,8,11H2,2-7H3. The van der Waals surface area contributed by atoms with Crippen molar-refractivity contribution in [1.29, 1.82) is 0 Å². The van der Waals surface area contributed by atoms with Crippen molar-refractivity contribution in [3.63, 3.8) is 0 Å². The fraction of sp³-hybridized carbons (Fsp3) is 0.588. The largest absolute Gasteiger partial charge is 0.493 e. The second-order valence-corrected chi connectivity index (χ2v) is 6.91. The van der Waals surface area contributed by atoms with Gasteiger partial charge >= 0.3 is 0 Å². The molecular formula is C17H27O. The third-order valence-corrected chi connectivity index (χ3v) is 3.06. The Bertz CT molecular complexity index is 391. The van der Waals surface area contributed by atoms with Crippen LogP contribution in [-0.4, -0.2) is 6.61 Å². The van der Waals surface area contributed by atoms with Gasteiger partial charge < -0.3 is 4.74 Å². The molecule has 0 saturated heterocycles. The van der Waals surface area contributed by atoms with Gasteiger partial charge in [0.15, 0.2) is 0 Å². The molecule has 101 valence electrons. The molecule has 0 heterocycles. The van der Waals surface area contributed by atoms with E-state index in [9.17, 15) is 0 Å². The molecule has 0 aliphatic rings. The first-order chi connectivity index (χ1) is 8.16. The van der Waals surface area contributed by atoms with Gasteiger partial charge in [-0.1, -0.05) is 53.7 Å². The molecule has 0 N–H and O–H groups in total. The van der Waals surface area contributed by atoms with Crippen LogP contribution in [0.2, 0.25) is 0 Å². The Labute approximate surface area is 113 Å². The Morgan fingerprint density at radius 3 is 2.06 bits per heavy atom. The summed E-state index contributed by atoms with van der Waals surface area (Å²) in [6, 6.07) is 6.57. The van der Waals surface area contributed by atoms with Crippen molar-refractivity contribution in [1.82, 2.24) is 0 Å². The van der Waals surface area contributed by atoms with Crippen molar-refractivity contribution in [3.8, 4) is 5.75 Å². The minimum Gasteiger partial charge on any atom is -0.493 e. The van der Waals surface area contributed by atoms with E-state index in [1.165, 1.54) is 11.1 Å². The molecule has 18 heavy (non-hydrogen) atoms. The SMILES string of the molecule is [CH2]CCOc1ccc(C(C)(C)C)cc1C(C)(C)C. The van der Waals surface area contributed by atoms with E-state index in [0.717, 1.165) is 12.2 Å². The zero-order valence-electron chi connectivity index (χ0n) is 12.8. The maximum Gasteiger partial charge on any atom is 0.123 e. The summed E-state index contributed by atoms with van der Waals surface area (Å²) in [5, 5.41) is 0. The van der Waals surface area contributed by atoms with Crippen LogP contribution in [0.4, 0.5) is 0 Å². The maximum absolute atomic E-state index is 5.82. The highest BCUT2D eigenvalue weighted by atomic mass is 16.5. The maximum atomic E-state index is 5.82. The predicted octanol–water partition coefficient (Wildman–Crippen LogP) is 4.88. The first-order valence-corrected chi connectivity index (χ1v) is 6.73. The highest BCUT2D eigenvalue weighted by Crippen LogP contribution is 2.35. The van der Waals surface area contributed by atoms with E-state index < -0.39 is 0 Å². The van der Waals surface area contributed by atoms with Crippen molar-refractivity contribution in [2.24, 2.45) is 0 Å². The Morgan fingerprint density at radius 1 is 1.00 bits per heavy atom. The summed E-state index contributed by atoms with van der Waals surface area (Å²) in [6.07, 6.45) is 0.796. The second kappa shape index (κ2) is 5.34. The smallest absolute Gasteiger partial charge is 0.123 e. The molecule has 0 aliphatic heterocycles. The second-order valence-electron chi connectivity index (χ2n) is 6.91. The predicted molar refractivity (Wildman–Crippen MR) is 79.3 cm³/mol. The van der Waals surface area contributed by atoms with Crippen molar-refractivity contribution in [2.45, 2.75) is 58.8 Å². The van der Waals surface area contributed by atoms with E-state index in [0.29, 0.717) is 6.61 Å². The summed E-state index contributed by atoms with van der Waals surface area (Å²) < 4.78 is 5.82. The van der Waals surface area contributed by atoms with Crippen LogP contribution in [0.1, 0.15) is 59.1 Å². The van der Waals surface area contributed by atoms with Crippen LogP contribution in [0.25, 0.3) is 0 Å². The fourth-order valence-electron chi connectivity index (χ4n) is 1.89. The topological polar surface area (TPSA) is 9.23 Å². The van der Waals surface area contributed by atoms with Crippen LogP contribution in [0.15, 0.2) is 18.2 Å². The van der Waals surface area contributed by atoms with Gasteiger partial charge in [0, 0.05) is 0 Å². The molecule has 0 bridgehead atoms. The van der Waals surface area contributed by atoms with Gasteiger partial charge in [-0.25, -0.2) is 0 Å². The van der Waals surface area contributed by atoms with Crippen molar-refractivity contribution in [2.75, 3.05) is 6.61 Å². The molecule has 0 aliphatic carbocycles. The number of ether oxygens (including phenoxy) is 1. The molecule has 0 saturated carbocycles. The fourth-order valence-corrected chi connectivity index (χ4v) is 1.89. The highest BCUT2D eigenvalue weighted by Gasteiger charge is 2.22. The van der Waals surface area contributed by atoms with Gasteiger partial charge in [0.25, 0.3) is 0 Å². The minimum absolute atomic E-state index is 0.0950. The molecule has 1 nitrogen and oxygen atoms in total. The average Bonchev–Trinajstić information content (AvgIpc) is 2.23. The summed E-state index contributed by atoms with van der Waals surface area (Å²) in [5.74, 6) is 0.999. The first kappa shape index (κ1) is 15.1. The Kier molecular flexibility index (Phi) is 4.47. The normalized spacial score (nSPS) is 12.6. The Morgan fingerprint density at radius 2 is 1.61 bits per heavy atom. The molecule has 0 amide bonds. The molecule has 0 aromatic heterocycles. The number of hydrogen-bond donors (Lipinski definition) is 0. The van der Waals surface area contributed by atoms with Crippen LogP contribution in [0.3, 0.4) is 0 Å². The van der Waals surface area contributed by atoms with E-state index in [1.54, 1.807) is 0 Å². The third-order valence-electron chi connectivity index (χ3n) is 3.06. The number of rotatable bonds is 3. The summed E-state index contributed by atoms with van der Waals surface area (Å²) >= 11 is 0. The van der Waals surface area contributed by atoms with E-state index in [1.807, 2.05) is 0 Å². The van der Waals surface area contributed by atoms with E-state index in [-0.39, 0.29) is 10.8 Å². The van der Waals surface area contributed by atoms with E-state index in [4.69, 9.17) is 4.74 Å². The lowest BCUT2D eigenvalue weighted by Crippen LogP contribution is -2.17. The van der Waals surface area contributed by atoms with Crippen molar-refractivity contribution >= 4 is 0 Å². The van der Waals surface area contributed by atoms with Gasteiger partial charge in [0.05, 0.1) is 6.61 Å². The van der Waals surface area contributed by atoms with Crippen molar-refractivity contribution < 1.29 is 4.74 Å². The Hall–Kier alpha value is -0.980. The molecule has 1 heteroatoms. The van der Waals surface area contributed by atoms with Gasteiger partial charge in [0.1, 0.15) is 5.75 Å². The molecule has 0 unspecified atom stereocenters. The van der Waals surface area contributed by atoms with Crippen LogP contribution < -0.4 is 4.74 Å². The van der Waals surface area contributed by atoms with Gasteiger partial charge in [-0.2, -0.15) is 0 Å². The molecule has 1 aromatic rings. The molecule has 0 fully saturated rings. The lowest BCUT2D eigenvalue weighted by molar-refractivity contribution is 0.314. The zero-order valence-corrected chi connectivity index (χ0v) is 12.8. The van der Waals surface area contributed by atoms with Gasteiger partial charge in [-0.15, -0.1) is 0 Å². The lowest BCUT2D eigenvalue weighted by atomic mass is 9.80. The summed E-state index contributed by atoms with van der Waals surface area (Å²) in [4.78, 5) is 0. The average molecular weight is 247 g/mol. The van der Waals surface area contributed by atoms with E-state index in [2.05, 4.69) is 66.7 Å².